The van der Waals surface area contributed by atoms with E-state index in [0.717, 1.165) is 17.0 Å². The zero-order valence-corrected chi connectivity index (χ0v) is 11.0. The van der Waals surface area contributed by atoms with Crippen molar-refractivity contribution in [1.82, 2.24) is 0 Å². The molecule has 98 valence electrons. The first-order valence-corrected chi connectivity index (χ1v) is 6.89. The zero-order valence-electron chi connectivity index (χ0n) is 10.2. The van der Waals surface area contributed by atoms with E-state index in [1.807, 2.05) is 18.4 Å². The van der Waals surface area contributed by atoms with Crippen LogP contribution in [0.15, 0.2) is 29.4 Å². The number of nitrogens with one attached hydrogen (secondary N) is 1. The molecule has 0 spiro atoms. The number of thioether (sulfide) groups is 1. The number of rotatable bonds is 6. The molecule has 0 saturated heterocycles. The van der Waals surface area contributed by atoms with E-state index in [1.54, 1.807) is 23.9 Å². The van der Waals surface area contributed by atoms with Crippen LogP contribution in [0.5, 0.6) is 0 Å². The smallest absolute Gasteiger partial charge is 0.225 e. The Morgan fingerprint density at radius 2 is 2.11 bits per heavy atom. The summed E-state index contributed by atoms with van der Waals surface area (Å²) in [6.07, 6.45) is 2.86. The van der Waals surface area contributed by atoms with Crippen LogP contribution in [0.4, 0.5) is 5.69 Å². The van der Waals surface area contributed by atoms with E-state index in [1.165, 1.54) is 0 Å². The molecule has 1 amide bonds. The largest absolute Gasteiger partial charge is 0.409 e. The Morgan fingerprint density at radius 1 is 1.44 bits per heavy atom. The molecule has 0 bridgehead atoms. The third-order valence-electron chi connectivity index (χ3n) is 2.28. The number of carbonyl (C=O) groups excluding carboxylic acids is 1. The van der Waals surface area contributed by atoms with Crippen molar-refractivity contribution in [2.45, 2.75) is 12.8 Å². The number of nitrogens with zero attached hydrogens (tertiary/aromatic N) is 1. The average molecular weight is 267 g/mol. The highest BCUT2D eigenvalue weighted by molar-refractivity contribution is 7.98. The lowest BCUT2D eigenvalue weighted by atomic mass is 10.1. The van der Waals surface area contributed by atoms with Gasteiger partial charge in [0.15, 0.2) is 0 Å². The molecule has 4 N–H and O–H groups in total. The fourth-order valence-corrected chi connectivity index (χ4v) is 1.76. The third-order valence-corrected chi connectivity index (χ3v) is 2.90. The van der Waals surface area contributed by atoms with Crippen molar-refractivity contribution in [3.63, 3.8) is 0 Å². The summed E-state index contributed by atoms with van der Waals surface area (Å²) in [7, 11) is 0. The van der Waals surface area contributed by atoms with Gasteiger partial charge < -0.3 is 16.3 Å². The first-order chi connectivity index (χ1) is 8.65. The Labute approximate surface area is 110 Å². The van der Waals surface area contributed by atoms with Gasteiger partial charge in [0.2, 0.25) is 5.91 Å². The summed E-state index contributed by atoms with van der Waals surface area (Å²) in [5.41, 5.74) is 7.08. The number of anilines is 1. The second kappa shape index (κ2) is 7.60. The molecule has 5 nitrogen and oxygen atoms in total. The fourth-order valence-electron chi connectivity index (χ4n) is 1.37. The van der Waals surface area contributed by atoms with Crippen LogP contribution in [0, 0.1) is 0 Å². The summed E-state index contributed by atoms with van der Waals surface area (Å²) < 4.78 is 0. The van der Waals surface area contributed by atoms with Crippen LogP contribution < -0.4 is 11.1 Å². The van der Waals surface area contributed by atoms with Crippen LogP contribution in [-0.4, -0.2) is 29.0 Å². The standard InChI is InChI=1S/C12H17N3O2S/c1-18-7-6-12(16)14-10-4-2-9(3-5-10)8-11(13)15-17/h2-5,17H,6-8H2,1H3,(H2,13,15)(H,14,16). The molecule has 18 heavy (non-hydrogen) atoms. The van der Waals surface area contributed by atoms with Crippen LogP contribution in [0.3, 0.4) is 0 Å². The number of benzene rings is 1. The lowest BCUT2D eigenvalue weighted by Crippen LogP contribution is -2.15. The summed E-state index contributed by atoms with van der Waals surface area (Å²) in [5.74, 6) is 0.980. The summed E-state index contributed by atoms with van der Waals surface area (Å²) in [4.78, 5) is 11.5. The van der Waals surface area contributed by atoms with E-state index >= 15 is 0 Å². The van der Waals surface area contributed by atoms with Gasteiger partial charge in [0.1, 0.15) is 5.84 Å². The summed E-state index contributed by atoms with van der Waals surface area (Å²) in [6.45, 7) is 0. The van der Waals surface area contributed by atoms with E-state index in [2.05, 4.69) is 10.5 Å². The zero-order chi connectivity index (χ0) is 13.4. The lowest BCUT2D eigenvalue weighted by molar-refractivity contribution is -0.115. The number of nitrogens with two attached hydrogens (primary N) is 1. The molecule has 0 unspecified atom stereocenters. The van der Waals surface area contributed by atoms with Gasteiger partial charge in [-0.3, -0.25) is 4.79 Å². The van der Waals surface area contributed by atoms with Gasteiger partial charge in [-0.25, -0.2) is 0 Å². The van der Waals surface area contributed by atoms with Crippen molar-refractivity contribution in [3.05, 3.63) is 29.8 Å². The first-order valence-electron chi connectivity index (χ1n) is 5.50. The lowest BCUT2D eigenvalue weighted by Gasteiger charge is -2.06. The van der Waals surface area contributed by atoms with Crippen molar-refractivity contribution in [1.29, 1.82) is 0 Å². The molecule has 1 aromatic carbocycles. The number of amides is 1. The molecule has 1 aromatic rings. The molecule has 0 aliphatic rings. The maximum atomic E-state index is 11.5. The molecule has 0 aliphatic carbocycles. The molecule has 0 aliphatic heterocycles. The van der Waals surface area contributed by atoms with Gasteiger partial charge in [-0.05, 0) is 24.0 Å². The monoisotopic (exact) mass is 267 g/mol. The maximum absolute atomic E-state index is 11.5. The van der Waals surface area contributed by atoms with Crippen molar-refractivity contribution < 1.29 is 10.0 Å². The van der Waals surface area contributed by atoms with Gasteiger partial charge in [-0.2, -0.15) is 11.8 Å². The van der Waals surface area contributed by atoms with E-state index in [0.29, 0.717) is 12.8 Å². The molecule has 0 atom stereocenters. The second-order valence-corrected chi connectivity index (χ2v) is 4.74. The Morgan fingerprint density at radius 3 is 2.67 bits per heavy atom. The number of carbonyl (C=O) groups is 1. The number of oxime groups is 1. The average Bonchev–Trinajstić information content (AvgIpc) is 2.38. The highest BCUT2D eigenvalue weighted by Crippen LogP contribution is 2.11. The Hall–Kier alpha value is -1.69. The van der Waals surface area contributed by atoms with Crippen molar-refractivity contribution in [3.8, 4) is 0 Å². The van der Waals surface area contributed by atoms with Crippen molar-refractivity contribution in [2.24, 2.45) is 10.9 Å². The predicted molar refractivity (Wildman–Crippen MR) is 75.2 cm³/mol. The summed E-state index contributed by atoms with van der Waals surface area (Å²) in [6, 6.07) is 7.28. The predicted octanol–water partition coefficient (Wildman–Crippen LogP) is 1.67. The first kappa shape index (κ1) is 14.4. The maximum Gasteiger partial charge on any atom is 0.225 e. The number of amidine groups is 1. The van der Waals surface area contributed by atoms with Gasteiger partial charge in [0.05, 0.1) is 0 Å². The summed E-state index contributed by atoms with van der Waals surface area (Å²) in [5, 5.41) is 14.2. The quantitative estimate of drug-likeness (QED) is 0.316. The normalized spacial score (nSPS) is 11.3. The molecule has 0 fully saturated rings. The molecule has 0 radical (unpaired) electrons. The number of hydrogen-bond donors (Lipinski definition) is 3. The molecular weight excluding hydrogens is 250 g/mol. The molecule has 0 aromatic heterocycles. The van der Waals surface area contributed by atoms with Gasteiger partial charge >= 0.3 is 0 Å². The minimum absolute atomic E-state index is 0.00790. The molecule has 6 heteroatoms. The van der Waals surface area contributed by atoms with E-state index in [9.17, 15) is 4.79 Å². The SMILES string of the molecule is CSCCC(=O)Nc1ccc(CC(N)=NO)cc1. The number of hydrogen-bond acceptors (Lipinski definition) is 4. The van der Waals surface area contributed by atoms with E-state index in [4.69, 9.17) is 10.9 Å². The highest BCUT2D eigenvalue weighted by atomic mass is 32.2. The van der Waals surface area contributed by atoms with Crippen LogP contribution in [0.1, 0.15) is 12.0 Å². The van der Waals surface area contributed by atoms with Gasteiger partial charge in [-0.15, -0.1) is 0 Å². The van der Waals surface area contributed by atoms with Crippen molar-refractivity contribution in [2.75, 3.05) is 17.3 Å². The Kier molecular flexibility index (Phi) is 6.07. The van der Waals surface area contributed by atoms with Gasteiger partial charge in [0.25, 0.3) is 0 Å². The molecule has 0 saturated carbocycles. The molecule has 1 rings (SSSR count). The minimum Gasteiger partial charge on any atom is -0.409 e. The molecular formula is C12H17N3O2S. The second-order valence-electron chi connectivity index (χ2n) is 3.76. The topological polar surface area (TPSA) is 87.7 Å². The van der Waals surface area contributed by atoms with Gasteiger partial charge in [0, 0.05) is 24.3 Å². The highest BCUT2D eigenvalue weighted by Gasteiger charge is 2.02. The minimum atomic E-state index is 0.00790. The summed E-state index contributed by atoms with van der Waals surface area (Å²) >= 11 is 1.64. The van der Waals surface area contributed by atoms with Crippen LogP contribution in [0.2, 0.25) is 0 Å². The third kappa shape index (κ3) is 5.09. The Balaban J connectivity index is 2.52. The van der Waals surface area contributed by atoms with E-state index in [-0.39, 0.29) is 11.7 Å². The van der Waals surface area contributed by atoms with Crippen LogP contribution >= 0.6 is 11.8 Å². The van der Waals surface area contributed by atoms with Crippen LogP contribution in [0.25, 0.3) is 0 Å². The van der Waals surface area contributed by atoms with Crippen molar-refractivity contribution >= 4 is 29.2 Å². The van der Waals surface area contributed by atoms with E-state index < -0.39 is 0 Å². The fraction of sp³-hybridized carbons (Fsp3) is 0.333. The van der Waals surface area contributed by atoms with Gasteiger partial charge in [-0.1, -0.05) is 17.3 Å². The molecule has 0 heterocycles. The Bertz CT molecular complexity index is 418. The van der Waals surface area contributed by atoms with Crippen LogP contribution in [-0.2, 0) is 11.2 Å².